The van der Waals surface area contributed by atoms with E-state index in [4.69, 9.17) is 23.2 Å². The molecule has 17 heavy (non-hydrogen) atoms. The van der Waals surface area contributed by atoms with Crippen LogP contribution in [0, 0.1) is 10.1 Å². The molecule has 1 rings (SSSR count). The van der Waals surface area contributed by atoms with Crippen LogP contribution in [0.2, 0.25) is 10.0 Å². The number of amides is 1. The molecule has 1 aromatic rings. The lowest BCUT2D eigenvalue weighted by Gasteiger charge is -2.14. The van der Waals surface area contributed by atoms with E-state index in [1.807, 2.05) is 0 Å². The van der Waals surface area contributed by atoms with Crippen molar-refractivity contribution < 1.29 is 14.6 Å². The number of halogens is 2. The lowest BCUT2D eigenvalue weighted by Crippen LogP contribution is -2.25. The summed E-state index contributed by atoms with van der Waals surface area (Å²) in [5, 5.41) is 11.4. The first-order chi connectivity index (χ1) is 7.88. The molecule has 0 spiro atoms. The summed E-state index contributed by atoms with van der Waals surface area (Å²) in [6.45, 7) is 0. The number of non-ortho nitro benzene ring substituents is 1. The largest absolute Gasteiger partial charge is 0.278 e. The van der Waals surface area contributed by atoms with Gasteiger partial charge in [0, 0.05) is 19.2 Å². The number of benzene rings is 1. The van der Waals surface area contributed by atoms with Crippen LogP contribution in [-0.4, -0.2) is 30.1 Å². The van der Waals surface area contributed by atoms with Gasteiger partial charge in [0.15, 0.2) is 0 Å². The molecule has 0 aliphatic carbocycles. The Morgan fingerprint density at radius 2 is 2.06 bits per heavy atom. The highest BCUT2D eigenvalue weighted by Crippen LogP contribution is 2.31. The molecule has 0 saturated heterocycles. The minimum absolute atomic E-state index is 0.0498. The molecule has 1 amide bonds. The fourth-order valence-corrected chi connectivity index (χ4v) is 1.49. The topological polar surface area (TPSA) is 72.7 Å². The first kappa shape index (κ1) is 13.7. The third kappa shape index (κ3) is 2.85. The Labute approximate surface area is 107 Å². The summed E-state index contributed by atoms with van der Waals surface area (Å²) in [4.78, 5) is 26.4. The van der Waals surface area contributed by atoms with Gasteiger partial charge in [0.1, 0.15) is 0 Å². The Kier molecular flexibility index (Phi) is 4.28. The van der Waals surface area contributed by atoms with Crippen molar-refractivity contribution in [3.8, 4) is 0 Å². The highest BCUT2D eigenvalue weighted by atomic mass is 35.5. The van der Waals surface area contributed by atoms with Crippen LogP contribution < -0.4 is 0 Å². The first-order valence-corrected chi connectivity index (χ1v) is 5.09. The second kappa shape index (κ2) is 5.31. The van der Waals surface area contributed by atoms with Gasteiger partial charge in [0.05, 0.1) is 27.6 Å². The molecule has 0 aliphatic heterocycles. The van der Waals surface area contributed by atoms with E-state index in [1.165, 1.54) is 14.2 Å². The molecule has 0 heterocycles. The quantitative estimate of drug-likeness (QED) is 0.629. The lowest BCUT2D eigenvalue weighted by molar-refractivity contribution is -0.384. The van der Waals surface area contributed by atoms with E-state index in [1.54, 1.807) is 0 Å². The molecule has 0 aliphatic rings. The monoisotopic (exact) mass is 278 g/mol. The smallest absolute Gasteiger partial charge is 0.274 e. The number of hydrogen-bond acceptors (Lipinski definition) is 4. The zero-order valence-corrected chi connectivity index (χ0v) is 10.4. The summed E-state index contributed by atoms with van der Waals surface area (Å²) in [6.07, 6.45) is 0. The second-order valence-corrected chi connectivity index (χ2v) is 3.82. The van der Waals surface area contributed by atoms with Crippen LogP contribution in [0.15, 0.2) is 12.1 Å². The summed E-state index contributed by atoms with van der Waals surface area (Å²) in [5.41, 5.74) is -0.400. The molecule has 8 heteroatoms. The number of hydroxylamine groups is 2. The number of nitrogens with zero attached hydrogens (tertiary/aromatic N) is 2. The summed E-state index contributed by atoms with van der Waals surface area (Å²) in [7, 11) is 2.64. The van der Waals surface area contributed by atoms with Crippen LogP contribution in [0.3, 0.4) is 0 Å². The minimum Gasteiger partial charge on any atom is -0.274 e. The molecule has 0 N–H and O–H groups in total. The van der Waals surface area contributed by atoms with Crippen molar-refractivity contribution in [1.29, 1.82) is 0 Å². The van der Waals surface area contributed by atoms with Crippen LogP contribution in [0.25, 0.3) is 0 Å². The number of rotatable bonds is 3. The standard InChI is InChI=1S/C9H8Cl2N2O4/c1-12(17-2)9(14)6-3-5(13(15)16)4-7(10)8(6)11/h3-4H,1-2H3. The van der Waals surface area contributed by atoms with Crippen molar-refractivity contribution in [1.82, 2.24) is 5.06 Å². The minimum atomic E-state index is -0.661. The third-order valence-electron chi connectivity index (χ3n) is 2.01. The summed E-state index contributed by atoms with van der Waals surface area (Å²) in [6, 6.07) is 2.12. The fourth-order valence-electron chi connectivity index (χ4n) is 1.09. The Morgan fingerprint density at radius 3 is 2.53 bits per heavy atom. The number of carbonyl (C=O) groups excluding carboxylic acids is 1. The normalized spacial score (nSPS) is 10.1. The average Bonchev–Trinajstić information content (AvgIpc) is 2.30. The van der Waals surface area contributed by atoms with Crippen LogP contribution in [0.4, 0.5) is 5.69 Å². The molecular formula is C9H8Cl2N2O4. The summed E-state index contributed by atoms with van der Waals surface area (Å²) < 4.78 is 0. The molecule has 0 atom stereocenters. The van der Waals surface area contributed by atoms with E-state index >= 15 is 0 Å². The highest BCUT2D eigenvalue weighted by Gasteiger charge is 2.21. The van der Waals surface area contributed by atoms with E-state index in [9.17, 15) is 14.9 Å². The van der Waals surface area contributed by atoms with E-state index < -0.39 is 10.8 Å². The Hall–Kier alpha value is -1.37. The van der Waals surface area contributed by atoms with Gasteiger partial charge in [-0.3, -0.25) is 19.7 Å². The van der Waals surface area contributed by atoms with Crippen LogP contribution in [0.5, 0.6) is 0 Å². The molecule has 0 bridgehead atoms. The first-order valence-electron chi connectivity index (χ1n) is 4.34. The van der Waals surface area contributed by atoms with Gasteiger partial charge >= 0.3 is 0 Å². The Bertz CT molecular complexity index is 478. The van der Waals surface area contributed by atoms with Crippen molar-refractivity contribution in [3.63, 3.8) is 0 Å². The zero-order valence-electron chi connectivity index (χ0n) is 8.94. The van der Waals surface area contributed by atoms with Crippen molar-refractivity contribution >= 4 is 34.8 Å². The third-order valence-corrected chi connectivity index (χ3v) is 2.82. The van der Waals surface area contributed by atoms with E-state index in [2.05, 4.69) is 4.84 Å². The van der Waals surface area contributed by atoms with Crippen LogP contribution >= 0.6 is 23.2 Å². The van der Waals surface area contributed by atoms with Gasteiger partial charge < -0.3 is 0 Å². The maximum absolute atomic E-state index is 11.8. The SMILES string of the molecule is CON(C)C(=O)c1cc([N+](=O)[O-])cc(Cl)c1Cl. The van der Waals surface area contributed by atoms with Gasteiger partial charge in [0.2, 0.25) is 0 Å². The molecule has 0 unspecified atom stereocenters. The van der Waals surface area contributed by atoms with Gasteiger partial charge in [-0.15, -0.1) is 0 Å². The average molecular weight is 279 g/mol. The Morgan fingerprint density at radius 1 is 1.47 bits per heavy atom. The summed E-state index contributed by atoms with van der Waals surface area (Å²) in [5.74, 6) is -0.622. The van der Waals surface area contributed by atoms with Crippen LogP contribution in [0.1, 0.15) is 10.4 Å². The Balaban J connectivity index is 3.32. The predicted octanol–water partition coefficient (Wildman–Crippen LogP) is 2.54. The molecular weight excluding hydrogens is 271 g/mol. The fraction of sp³-hybridized carbons (Fsp3) is 0.222. The highest BCUT2D eigenvalue weighted by molar-refractivity contribution is 6.44. The van der Waals surface area contributed by atoms with Gasteiger partial charge in [-0.2, -0.15) is 0 Å². The number of nitro groups is 1. The van der Waals surface area contributed by atoms with E-state index in [0.717, 1.165) is 17.2 Å². The van der Waals surface area contributed by atoms with Gasteiger partial charge in [-0.25, -0.2) is 5.06 Å². The van der Waals surface area contributed by atoms with Gasteiger partial charge in [-0.1, -0.05) is 23.2 Å². The maximum Gasteiger partial charge on any atom is 0.278 e. The van der Waals surface area contributed by atoms with Crippen molar-refractivity contribution in [2.45, 2.75) is 0 Å². The second-order valence-electron chi connectivity index (χ2n) is 3.03. The molecule has 6 nitrogen and oxygen atoms in total. The van der Waals surface area contributed by atoms with Crippen molar-refractivity contribution in [2.75, 3.05) is 14.2 Å². The maximum atomic E-state index is 11.8. The van der Waals surface area contributed by atoms with Crippen molar-refractivity contribution in [3.05, 3.63) is 37.9 Å². The molecule has 0 saturated carbocycles. The summed E-state index contributed by atoms with van der Waals surface area (Å²) >= 11 is 11.5. The number of carbonyl (C=O) groups is 1. The molecule has 0 aromatic heterocycles. The predicted molar refractivity (Wildman–Crippen MR) is 62.2 cm³/mol. The van der Waals surface area contributed by atoms with E-state index in [0.29, 0.717) is 0 Å². The number of hydrogen-bond donors (Lipinski definition) is 0. The lowest BCUT2D eigenvalue weighted by atomic mass is 10.2. The molecule has 0 fully saturated rings. The molecule has 1 aromatic carbocycles. The van der Waals surface area contributed by atoms with E-state index in [-0.39, 0.29) is 21.3 Å². The zero-order chi connectivity index (χ0) is 13.2. The van der Waals surface area contributed by atoms with Crippen LogP contribution in [-0.2, 0) is 4.84 Å². The van der Waals surface area contributed by atoms with Crippen molar-refractivity contribution in [2.24, 2.45) is 0 Å². The number of nitro benzene ring substituents is 1. The van der Waals surface area contributed by atoms with Gasteiger partial charge in [-0.05, 0) is 0 Å². The molecule has 92 valence electrons. The molecule has 0 radical (unpaired) electrons. The van der Waals surface area contributed by atoms with Gasteiger partial charge in [0.25, 0.3) is 11.6 Å².